The highest BCUT2D eigenvalue weighted by atomic mass is 16.5. The van der Waals surface area contributed by atoms with Gasteiger partial charge in [-0.3, -0.25) is 9.59 Å². The number of nitrogens with zero attached hydrogens (tertiary/aromatic N) is 4. The molecule has 0 aliphatic carbocycles. The second-order valence-electron chi connectivity index (χ2n) is 8.93. The zero-order chi connectivity index (χ0) is 22.5. The maximum Gasteiger partial charge on any atom is 0.254 e. The molecule has 1 aromatic carbocycles. The number of aromatic nitrogens is 2. The van der Waals surface area contributed by atoms with Gasteiger partial charge in [-0.15, -0.1) is 0 Å². The fraction of sp³-hybridized carbons (Fsp3) is 0.560. The quantitative estimate of drug-likeness (QED) is 0.692. The summed E-state index contributed by atoms with van der Waals surface area (Å²) in [6.07, 6.45) is 9.39. The first-order valence-electron chi connectivity index (χ1n) is 11.8. The molecule has 2 aromatic rings. The SMILES string of the molecule is COc1cccc(C(=O)N2CCCC[C@H]2C2CCN(C(=O)CCn3ccnc3C)CC2)c1. The number of aryl methyl sites for hydroxylation is 2. The van der Waals surface area contributed by atoms with Gasteiger partial charge in [0.2, 0.25) is 5.91 Å². The van der Waals surface area contributed by atoms with Crippen LogP contribution in [-0.4, -0.2) is 64.0 Å². The number of carbonyl (C=O) groups is 2. The van der Waals surface area contributed by atoms with E-state index in [4.69, 9.17) is 4.74 Å². The molecule has 3 heterocycles. The van der Waals surface area contributed by atoms with Gasteiger partial charge in [0.15, 0.2) is 0 Å². The van der Waals surface area contributed by atoms with Gasteiger partial charge in [-0.05, 0) is 63.1 Å². The molecule has 2 aliphatic rings. The fourth-order valence-corrected chi connectivity index (χ4v) is 5.17. The molecule has 0 saturated carbocycles. The van der Waals surface area contributed by atoms with Crippen LogP contribution in [0.4, 0.5) is 0 Å². The van der Waals surface area contributed by atoms with Gasteiger partial charge in [0.25, 0.3) is 5.91 Å². The maximum atomic E-state index is 13.3. The molecule has 7 nitrogen and oxygen atoms in total. The summed E-state index contributed by atoms with van der Waals surface area (Å²) in [5, 5.41) is 0. The molecule has 4 rings (SSSR count). The van der Waals surface area contributed by atoms with Crippen molar-refractivity contribution in [1.82, 2.24) is 19.4 Å². The highest BCUT2D eigenvalue weighted by Gasteiger charge is 2.35. The smallest absolute Gasteiger partial charge is 0.254 e. The van der Waals surface area contributed by atoms with Crippen LogP contribution in [0.5, 0.6) is 5.75 Å². The Morgan fingerprint density at radius 2 is 1.94 bits per heavy atom. The largest absolute Gasteiger partial charge is 0.497 e. The molecule has 2 fully saturated rings. The molecular weight excluding hydrogens is 404 g/mol. The van der Waals surface area contributed by atoms with E-state index in [1.807, 2.05) is 46.9 Å². The van der Waals surface area contributed by atoms with Crippen LogP contribution in [0.15, 0.2) is 36.7 Å². The predicted octanol–water partition coefficient (Wildman–Crippen LogP) is 3.52. The maximum absolute atomic E-state index is 13.3. The summed E-state index contributed by atoms with van der Waals surface area (Å²) < 4.78 is 7.33. The number of rotatable bonds is 6. The minimum absolute atomic E-state index is 0.0998. The van der Waals surface area contributed by atoms with Crippen LogP contribution in [0.3, 0.4) is 0 Å². The average molecular weight is 439 g/mol. The molecule has 7 heteroatoms. The van der Waals surface area contributed by atoms with E-state index < -0.39 is 0 Å². The molecule has 2 amide bonds. The van der Waals surface area contributed by atoms with E-state index in [9.17, 15) is 9.59 Å². The first-order chi connectivity index (χ1) is 15.6. The predicted molar refractivity (Wildman–Crippen MR) is 123 cm³/mol. The minimum atomic E-state index is 0.0998. The number of benzene rings is 1. The van der Waals surface area contributed by atoms with E-state index in [1.54, 1.807) is 13.3 Å². The molecule has 0 spiro atoms. The lowest BCUT2D eigenvalue weighted by molar-refractivity contribution is -0.133. The first-order valence-corrected chi connectivity index (χ1v) is 11.8. The number of ether oxygens (including phenoxy) is 1. The average Bonchev–Trinajstić information content (AvgIpc) is 3.26. The molecule has 2 saturated heterocycles. The lowest BCUT2D eigenvalue weighted by Crippen LogP contribution is -2.51. The van der Waals surface area contributed by atoms with Gasteiger partial charge < -0.3 is 19.1 Å². The van der Waals surface area contributed by atoms with Crippen LogP contribution in [0.1, 0.15) is 54.7 Å². The van der Waals surface area contributed by atoms with Crippen LogP contribution in [-0.2, 0) is 11.3 Å². The summed E-state index contributed by atoms with van der Waals surface area (Å²) in [4.78, 5) is 34.3. The van der Waals surface area contributed by atoms with Crippen LogP contribution < -0.4 is 4.74 Å². The molecule has 0 bridgehead atoms. The Bertz CT molecular complexity index is 933. The van der Waals surface area contributed by atoms with E-state index >= 15 is 0 Å². The Labute approximate surface area is 190 Å². The number of carbonyl (C=O) groups excluding carboxylic acids is 2. The lowest BCUT2D eigenvalue weighted by Gasteiger charge is -2.43. The van der Waals surface area contributed by atoms with Crippen LogP contribution in [0.2, 0.25) is 0 Å². The zero-order valence-electron chi connectivity index (χ0n) is 19.2. The third kappa shape index (κ3) is 4.97. The van der Waals surface area contributed by atoms with Crippen molar-refractivity contribution in [2.45, 2.75) is 58.0 Å². The summed E-state index contributed by atoms with van der Waals surface area (Å²) in [6.45, 7) is 5.01. The summed E-state index contributed by atoms with van der Waals surface area (Å²) in [5.41, 5.74) is 0.693. The molecule has 172 valence electrons. The van der Waals surface area contributed by atoms with Crippen LogP contribution >= 0.6 is 0 Å². The van der Waals surface area contributed by atoms with Gasteiger partial charge in [0.1, 0.15) is 11.6 Å². The molecule has 1 atom stereocenters. The number of hydrogen-bond acceptors (Lipinski definition) is 4. The Morgan fingerprint density at radius 1 is 1.12 bits per heavy atom. The fourth-order valence-electron chi connectivity index (χ4n) is 5.17. The summed E-state index contributed by atoms with van der Waals surface area (Å²) >= 11 is 0. The zero-order valence-corrected chi connectivity index (χ0v) is 19.2. The summed E-state index contributed by atoms with van der Waals surface area (Å²) in [6, 6.07) is 7.70. The molecule has 2 aliphatic heterocycles. The Morgan fingerprint density at radius 3 is 2.66 bits per heavy atom. The first kappa shape index (κ1) is 22.4. The standard InChI is InChI=1S/C25H34N4O3/c1-19-26-12-17-27(19)16-11-24(30)28-14-9-20(10-15-28)23-8-3-4-13-29(23)25(31)21-6-5-7-22(18-21)32-2/h5-7,12,17-18,20,23H,3-4,8-11,13-16H2,1-2H3/t23-/m0/s1. The number of hydrogen-bond donors (Lipinski definition) is 0. The van der Waals surface area contributed by atoms with Crippen molar-refractivity contribution in [3.63, 3.8) is 0 Å². The van der Waals surface area contributed by atoms with E-state index in [0.717, 1.165) is 57.6 Å². The highest BCUT2D eigenvalue weighted by molar-refractivity contribution is 5.95. The second-order valence-corrected chi connectivity index (χ2v) is 8.93. The van der Waals surface area contributed by atoms with Gasteiger partial charge in [0.05, 0.1) is 7.11 Å². The van der Waals surface area contributed by atoms with Crippen LogP contribution in [0.25, 0.3) is 0 Å². The molecular formula is C25H34N4O3. The number of amides is 2. The Kier molecular flexibility index (Phi) is 7.12. The third-order valence-corrected chi connectivity index (χ3v) is 7.05. The Hall–Kier alpha value is -2.83. The highest BCUT2D eigenvalue weighted by Crippen LogP contribution is 2.32. The van der Waals surface area contributed by atoms with Crippen molar-refractivity contribution in [2.24, 2.45) is 5.92 Å². The Balaban J connectivity index is 1.34. The second kappa shape index (κ2) is 10.2. The summed E-state index contributed by atoms with van der Waals surface area (Å²) in [7, 11) is 1.62. The van der Waals surface area contributed by atoms with Gasteiger partial charge >= 0.3 is 0 Å². The van der Waals surface area contributed by atoms with Crippen molar-refractivity contribution in [2.75, 3.05) is 26.7 Å². The van der Waals surface area contributed by atoms with Crippen molar-refractivity contribution in [1.29, 1.82) is 0 Å². The number of piperidine rings is 2. The van der Waals surface area contributed by atoms with Crippen molar-refractivity contribution >= 4 is 11.8 Å². The minimum Gasteiger partial charge on any atom is -0.497 e. The molecule has 32 heavy (non-hydrogen) atoms. The van der Waals surface area contributed by atoms with Gasteiger partial charge in [-0.25, -0.2) is 4.98 Å². The van der Waals surface area contributed by atoms with E-state index in [1.165, 1.54) is 0 Å². The van der Waals surface area contributed by atoms with Gasteiger partial charge in [-0.1, -0.05) is 6.07 Å². The monoisotopic (exact) mass is 438 g/mol. The van der Waals surface area contributed by atoms with Crippen molar-refractivity contribution in [3.8, 4) is 5.75 Å². The lowest BCUT2D eigenvalue weighted by atomic mass is 9.83. The van der Waals surface area contributed by atoms with E-state index in [0.29, 0.717) is 30.2 Å². The third-order valence-electron chi connectivity index (χ3n) is 7.05. The summed E-state index contributed by atoms with van der Waals surface area (Å²) in [5.74, 6) is 2.41. The molecule has 1 aromatic heterocycles. The van der Waals surface area contributed by atoms with E-state index in [-0.39, 0.29) is 17.9 Å². The number of methoxy groups -OCH3 is 1. The normalized spacial score (nSPS) is 19.8. The molecule has 0 N–H and O–H groups in total. The molecule has 0 radical (unpaired) electrons. The number of imidazole rings is 1. The molecule has 0 unspecified atom stereocenters. The van der Waals surface area contributed by atoms with E-state index in [2.05, 4.69) is 9.88 Å². The van der Waals surface area contributed by atoms with Crippen molar-refractivity contribution < 1.29 is 14.3 Å². The van der Waals surface area contributed by atoms with Crippen LogP contribution in [0, 0.1) is 12.8 Å². The number of likely N-dealkylation sites (tertiary alicyclic amines) is 2. The topological polar surface area (TPSA) is 67.7 Å². The van der Waals surface area contributed by atoms with Gasteiger partial charge in [-0.2, -0.15) is 0 Å². The van der Waals surface area contributed by atoms with Gasteiger partial charge in [0, 0.05) is 56.6 Å². The van der Waals surface area contributed by atoms with Crippen molar-refractivity contribution in [3.05, 3.63) is 48.0 Å².